The Morgan fingerprint density at radius 3 is 2.92 bits per heavy atom. The summed E-state index contributed by atoms with van der Waals surface area (Å²) < 4.78 is 5.43. The second-order valence-electron chi connectivity index (χ2n) is 5.56. The van der Waals surface area contributed by atoms with Crippen molar-refractivity contribution in [1.29, 1.82) is 5.53 Å². The Kier molecular flexibility index (Phi) is 7.16. The van der Waals surface area contributed by atoms with Crippen LogP contribution in [0.25, 0.3) is 0 Å². The molecular formula is C14H24N6O3S. The minimum Gasteiger partial charge on any atom is -0.394 e. The molecule has 0 bridgehead atoms. The molecule has 1 aliphatic rings. The van der Waals surface area contributed by atoms with Gasteiger partial charge in [-0.05, 0) is 19.3 Å². The maximum Gasteiger partial charge on any atom is 0.191 e. The summed E-state index contributed by atoms with van der Waals surface area (Å²) in [4.78, 5) is 8.56. The highest BCUT2D eigenvalue weighted by atomic mass is 32.2. The van der Waals surface area contributed by atoms with E-state index in [1.54, 1.807) is 0 Å². The Balaban J connectivity index is 2.10. The van der Waals surface area contributed by atoms with Gasteiger partial charge in [0.2, 0.25) is 0 Å². The van der Waals surface area contributed by atoms with Crippen molar-refractivity contribution in [1.82, 2.24) is 9.97 Å². The molecule has 1 aromatic heterocycles. The SMILES string of the molecule is CCCSc1nc(N)c(N=N)c(NC2CC(O)C(OCCO)C2)n1. The third kappa shape index (κ3) is 4.76. The molecule has 3 atom stereocenters. The lowest BCUT2D eigenvalue weighted by Gasteiger charge is -2.16. The van der Waals surface area contributed by atoms with Crippen molar-refractivity contribution in [2.24, 2.45) is 5.11 Å². The molecule has 1 saturated carbocycles. The number of aliphatic hydroxyl groups excluding tert-OH is 2. The summed E-state index contributed by atoms with van der Waals surface area (Å²) in [6.45, 7) is 2.18. The number of aromatic nitrogens is 2. The summed E-state index contributed by atoms with van der Waals surface area (Å²) in [6.07, 6.45) is 1.09. The molecule has 1 heterocycles. The van der Waals surface area contributed by atoms with Crippen LogP contribution < -0.4 is 11.1 Å². The zero-order valence-corrected chi connectivity index (χ0v) is 14.4. The highest BCUT2D eigenvalue weighted by Crippen LogP contribution is 2.34. The van der Waals surface area contributed by atoms with Crippen molar-refractivity contribution in [3.63, 3.8) is 0 Å². The second kappa shape index (κ2) is 9.11. The van der Waals surface area contributed by atoms with E-state index < -0.39 is 6.10 Å². The molecular weight excluding hydrogens is 332 g/mol. The van der Waals surface area contributed by atoms with Crippen LogP contribution >= 0.6 is 11.8 Å². The fourth-order valence-corrected chi connectivity index (χ4v) is 3.30. The molecule has 2 rings (SSSR count). The lowest BCUT2D eigenvalue weighted by Crippen LogP contribution is -2.24. The zero-order valence-electron chi connectivity index (χ0n) is 13.6. The van der Waals surface area contributed by atoms with Crippen molar-refractivity contribution < 1.29 is 14.9 Å². The van der Waals surface area contributed by atoms with E-state index in [9.17, 15) is 5.11 Å². The van der Waals surface area contributed by atoms with Crippen LogP contribution in [0.4, 0.5) is 17.3 Å². The summed E-state index contributed by atoms with van der Waals surface area (Å²) in [6, 6.07) is -0.0810. The topological polar surface area (TPSA) is 150 Å². The normalized spacial score (nSPS) is 23.4. The predicted octanol–water partition coefficient (Wildman–Crippen LogP) is 1.54. The summed E-state index contributed by atoms with van der Waals surface area (Å²) >= 11 is 1.49. The number of hydrogen-bond donors (Lipinski definition) is 5. The van der Waals surface area contributed by atoms with Gasteiger partial charge in [-0.3, -0.25) is 0 Å². The largest absolute Gasteiger partial charge is 0.394 e. The van der Waals surface area contributed by atoms with Crippen LogP contribution in [-0.2, 0) is 4.74 Å². The number of nitrogen functional groups attached to an aromatic ring is 1. The summed E-state index contributed by atoms with van der Waals surface area (Å²) in [5.74, 6) is 1.43. The molecule has 0 spiro atoms. The molecule has 0 radical (unpaired) electrons. The minimum atomic E-state index is -0.612. The van der Waals surface area contributed by atoms with Gasteiger partial charge in [0.1, 0.15) is 0 Å². The Bertz CT molecular complexity index is 562. The van der Waals surface area contributed by atoms with Gasteiger partial charge in [-0.2, -0.15) is 5.11 Å². The monoisotopic (exact) mass is 356 g/mol. The molecule has 0 aromatic carbocycles. The number of aliphatic hydroxyl groups is 2. The minimum absolute atomic E-state index is 0.0797. The third-order valence-electron chi connectivity index (χ3n) is 3.67. The molecule has 6 N–H and O–H groups in total. The third-order valence-corrected chi connectivity index (χ3v) is 4.73. The van der Waals surface area contributed by atoms with Gasteiger partial charge < -0.3 is 26.0 Å². The molecule has 24 heavy (non-hydrogen) atoms. The van der Waals surface area contributed by atoms with E-state index in [-0.39, 0.29) is 36.9 Å². The van der Waals surface area contributed by atoms with Gasteiger partial charge in [0.05, 0.1) is 25.4 Å². The lowest BCUT2D eigenvalue weighted by molar-refractivity contribution is -0.0302. The molecule has 10 heteroatoms. The summed E-state index contributed by atoms with van der Waals surface area (Å²) in [5, 5.41) is 26.0. The standard InChI is InChI=1S/C14H24N6O3S/c1-2-5-24-14-18-12(15)11(20-16)13(19-14)17-8-6-9(22)10(7-8)23-4-3-21/h8-10,16,21-22H,2-7H2,1H3,(H3,15,17,18,19). The number of hydrogen-bond acceptors (Lipinski definition) is 10. The smallest absolute Gasteiger partial charge is 0.191 e. The molecule has 1 aromatic rings. The maximum absolute atomic E-state index is 10.0. The van der Waals surface area contributed by atoms with Crippen LogP contribution in [0.5, 0.6) is 0 Å². The Morgan fingerprint density at radius 1 is 1.46 bits per heavy atom. The van der Waals surface area contributed by atoms with Crippen molar-refractivity contribution in [2.45, 2.75) is 49.6 Å². The van der Waals surface area contributed by atoms with E-state index in [0.29, 0.717) is 23.8 Å². The number of nitrogens with two attached hydrogens (primary N) is 1. The number of rotatable bonds is 9. The van der Waals surface area contributed by atoms with Gasteiger partial charge in [0, 0.05) is 11.8 Å². The van der Waals surface area contributed by atoms with E-state index >= 15 is 0 Å². The van der Waals surface area contributed by atoms with Gasteiger partial charge in [-0.25, -0.2) is 15.5 Å². The maximum atomic E-state index is 10.0. The number of anilines is 2. The first-order valence-corrected chi connectivity index (χ1v) is 8.92. The molecule has 0 saturated heterocycles. The highest BCUT2D eigenvalue weighted by Gasteiger charge is 2.34. The van der Waals surface area contributed by atoms with Crippen LogP contribution in [-0.4, -0.2) is 57.4 Å². The van der Waals surface area contributed by atoms with Crippen molar-refractivity contribution in [2.75, 3.05) is 30.0 Å². The Labute approximate surface area is 144 Å². The Morgan fingerprint density at radius 2 is 2.25 bits per heavy atom. The van der Waals surface area contributed by atoms with Gasteiger partial charge in [-0.1, -0.05) is 18.7 Å². The average molecular weight is 356 g/mol. The van der Waals surface area contributed by atoms with Gasteiger partial charge in [0.25, 0.3) is 0 Å². The fraction of sp³-hybridized carbons (Fsp3) is 0.714. The van der Waals surface area contributed by atoms with Crippen LogP contribution in [0.1, 0.15) is 26.2 Å². The first-order valence-electron chi connectivity index (χ1n) is 7.93. The fourth-order valence-electron chi connectivity index (χ4n) is 2.59. The lowest BCUT2D eigenvalue weighted by atomic mass is 10.2. The molecule has 3 unspecified atom stereocenters. The van der Waals surface area contributed by atoms with E-state index in [4.69, 9.17) is 21.1 Å². The first-order chi connectivity index (χ1) is 11.6. The van der Waals surface area contributed by atoms with E-state index in [1.807, 2.05) is 0 Å². The number of nitrogens with zero attached hydrogens (tertiary/aromatic N) is 3. The molecule has 1 fully saturated rings. The van der Waals surface area contributed by atoms with E-state index in [2.05, 4.69) is 27.3 Å². The van der Waals surface area contributed by atoms with Crippen LogP contribution in [0, 0.1) is 5.53 Å². The molecule has 1 aliphatic carbocycles. The van der Waals surface area contributed by atoms with E-state index in [1.165, 1.54) is 11.8 Å². The summed E-state index contributed by atoms with van der Waals surface area (Å²) in [5.41, 5.74) is 13.4. The number of ether oxygens (including phenoxy) is 1. The van der Waals surface area contributed by atoms with Gasteiger partial charge >= 0.3 is 0 Å². The number of nitrogens with one attached hydrogen (secondary N) is 2. The van der Waals surface area contributed by atoms with E-state index in [0.717, 1.165) is 12.2 Å². The zero-order chi connectivity index (χ0) is 17.5. The molecule has 134 valence electrons. The van der Waals surface area contributed by atoms with Crippen LogP contribution in [0.15, 0.2) is 10.3 Å². The van der Waals surface area contributed by atoms with Crippen molar-refractivity contribution in [3.05, 3.63) is 0 Å². The van der Waals surface area contributed by atoms with Gasteiger partial charge in [-0.15, -0.1) is 0 Å². The number of thioether (sulfide) groups is 1. The molecule has 0 amide bonds. The Hall–Kier alpha value is -1.49. The molecule has 9 nitrogen and oxygen atoms in total. The first kappa shape index (κ1) is 18.8. The summed E-state index contributed by atoms with van der Waals surface area (Å²) in [7, 11) is 0. The van der Waals surface area contributed by atoms with Crippen molar-refractivity contribution >= 4 is 29.1 Å². The highest BCUT2D eigenvalue weighted by molar-refractivity contribution is 7.99. The quantitative estimate of drug-likeness (QED) is 0.254. The second-order valence-corrected chi connectivity index (χ2v) is 6.62. The van der Waals surface area contributed by atoms with Crippen LogP contribution in [0.2, 0.25) is 0 Å². The van der Waals surface area contributed by atoms with Gasteiger partial charge in [0.15, 0.2) is 22.5 Å². The van der Waals surface area contributed by atoms with Crippen molar-refractivity contribution in [3.8, 4) is 0 Å². The van der Waals surface area contributed by atoms with Crippen LogP contribution in [0.3, 0.4) is 0 Å². The predicted molar refractivity (Wildman–Crippen MR) is 91.7 cm³/mol. The molecule has 0 aliphatic heterocycles. The average Bonchev–Trinajstić information content (AvgIpc) is 2.90.